The predicted molar refractivity (Wildman–Crippen MR) is 75.8 cm³/mol. The summed E-state index contributed by atoms with van der Waals surface area (Å²) < 4.78 is 0. The van der Waals surface area contributed by atoms with Gasteiger partial charge < -0.3 is 0 Å². The van der Waals surface area contributed by atoms with Crippen LogP contribution in [0.1, 0.15) is 35.1 Å². The van der Waals surface area contributed by atoms with E-state index >= 15 is 0 Å². The molecule has 1 aromatic heterocycles. The lowest BCUT2D eigenvalue weighted by Gasteiger charge is -2.17. The monoisotopic (exact) mass is 248 g/mol. The standard InChI is InChI=1S/C17H16N2/c1-12-8-13(10-18)11-19-17(12)16-7-6-14-4-2-3-5-15(14)9-16/h6-9,11H,2-5H2,1H3. The second-order valence-corrected chi connectivity index (χ2v) is 5.19. The van der Waals surface area contributed by atoms with Crippen LogP contribution in [0.25, 0.3) is 11.3 Å². The molecule has 0 radical (unpaired) electrons. The molecule has 0 atom stereocenters. The van der Waals surface area contributed by atoms with E-state index in [-0.39, 0.29) is 0 Å². The molecule has 94 valence electrons. The highest BCUT2D eigenvalue weighted by molar-refractivity contribution is 5.65. The van der Waals surface area contributed by atoms with E-state index in [1.165, 1.54) is 42.4 Å². The van der Waals surface area contributed by atoms with E-state index in [0.717, 1.165) is 11.3 Å². The first-order valence-electron chi connectivity index (χ1n) is 6.77. The average Bonchev–Trinajstić information content (AvgIpc) is 2.46. The Bertz CT molecular complexity index is 665. The third-order valence-electron chi connectivity index (χ3n) is 3.83. The smallest absolute Gasteiger partial charge is 0.101 e. The Morgan fingerprint density at radius 3 is 2.63 bits per heavy atom. The number of fused-ring (bicyclic) bond motifs is 1. The first-order chi connectivity index (χ1) is 9.28. The van der Waals surface area contributed by atoms with E-state index in [9.17, 15) is 0 Å². The summed E-state index contributed by atoms with van der Waals surface area (Å²) in [6.07, 6.45) is 6.63. The van der Waals surface area contributed by atoms with Gasteiger partial charge in [0.15, 0.2) is 0 Å². The number of hydrogen-bond donors (Lipinski definition) is 0. The van der Waals surface area contributed by atoms with Gasteiger partial charge in [0.2, 0.25) is 0 Å². The van der Waals surface area contributed by atoms with Crippen LogP contribution in [0.2, 0.25) is 0 Å². The Hall–Kier alpha value is -2.14. The fourth-order valence-corrected chi connectivity index (χ4v) is 2.82. The van der Waals surface area contributed by atoms with Crippen molar-refractivity contribution in [2.45, 2.75) is 32.6 Å². The van der Waals surface area contributed by atoms with Gasteiger partial charge in [0.05, 0.1) is 11.3 Å². The number of pyridine rings is 1. The van der Waals surface area contributed by atoms with Crippen molar-refractivity contribution in [3.05, 3.63) is 52.7 Å². The highest BCUT2D eigenvalue weighted by Crippen LogP contribution is 2.28. The molecule has 0 spiro atoms. The Morgan fingerprint density at radius 1 is 1.11 bits per heavy atom. The number of hydrogen-bond acceptors (Lipinski definition) is 2. The minimum atomic E-state index is 0.624. The highest BCUT2D eigenvalue weighted by Gasteiger charge is 2.11. The van der Waals surface area contributed by atoms with Gasteiger partial charge in [0.25, 0.3) is 0 Å². The van der Waals surface area contributed by atoms with Crippen LogP contribution in [0.5, 0.6) is 0 Å². The lowest BCUT2D eigenvalue weighted by atomic mass is 9.89. The van der Waals surface area contributed by atoms with Crippen LogP contribution in [-0.2, 0) is 12.8 Å². The molecule has 0 N–H and O–H groups in total. The van der Waals surface area contributed by atoms with Crippen molar-refractivity contribution >= 4 is 0 Å². The molecule has 0 aliphatic heterocycles. The second kappa shape index (κ2) is 4.85. The molecule has 0 fully saturated rings. The number of benzene rings is 1. The second-order valence-electron chi connectivity index (χ2n) is 5.19. The SMILES string of the molecule is Cc1cc(C#N)cnc1-c1ccc2c(c1)CCCC2. The van der Waals surface area contributed by atoms with Gasteiger partial charge in [0, 0.05) is 11.8 Å². The molecule has 2 aromatic rings. The lowest BCUT2D eigenvalue weighted by molar-refractivity contribution is 0.686. The summed E-state index contributed by atoms with van der Waals surface area (Å²) in [7, 11) is 0. The molecule has 1 aromatic carbocycles. The molecule has 19 heavy (non-hydrogen) atoms. The summed E-state index contributed by atoms with van der Waals surface area (Å²) in [6.45, 7) is 2.02. The van der Waals surface area contributed by atoms with Crippen LogP contribution in [0.3, 0.4) is 0 Å². The van der Waals surface area contributed by atoms with Gasteiger partial charge in [-0.2, -0.15) is 5.26 Å². The maximum atomic E-state index is 8.89. The number of nitriles is 1. The minimum absolute atomic E-state index is 0.624. The fourth-order valence-electron chi connectivity index (χ4n) is 2.82. The van der Waals surface area contributed by atoms with Crippen LogP contribution in [0.15, 0.2) is 30.5 Å². The van der Waals surface area contributed by atoms with Crippen molar-refractivity contribution < 1.29 is 0 Å². The number of aromatic nitrogens is 1. The van der Waals surface area contributed by atoms with Crippen molar-refractivity contribution in [2.24, 2.45) is 0 Å². The molecule has 3 rings (SSSR count). The third-order valence-corrected chi connectivity index (χ3v) is 3.83. The van der Waals surface area contributed by atoms with Gasteiger partial charge >= 0.3 is 0 Å². The summed E-state index contributed by atoms with van der Waals surface area (Å²) in [6, 6.07) is 10.7. The van der Waals surface area contributed by atoms with Gasteiger partial charge in [-0.3, -0.25) is 4.98 Å². The fraction of sp³-hybridized carbons (Fsp3) is 0.294. The maximum Gasteiger partial charge on any atom is 0.101 e. The number of aryl methyl sites for hydroxylation is 3. The molecule has 0 saturated carbocycles. The molecule has 2 heteroatoms. The van der Waals surface area contributed by atoms with Crippen LogP contribution in [0.4, 0.5) is 0 Å². The zero-order valence-electron chi connectivity index (χ0n) is 11.1. The quantitative estimate of drug-likeness (QED) is 0.769. The molecule has 0 unspecified atom stereocenters. The number of rotatable bonds is 1. The molecule has 1 heterocycles. The van der Waals surface area contributed by atoms with Crippen molar-refractivity contribution in [1.29, 1.82) is 5.26 Å². The van der Waals surface area contributed by atoms with E-state index in [2.05, 4.69) is 29.3 Å². The predicted octanol–water partition coefficient (Wildman–Crippen LogP) is 3.81. The Labute approximate surface area is 113 Å². The molecule has 0 bridgehead atoms. The molecule has 0 saturated heterocycles. The van der Waals surface area contributed by atoms with Crippen molar-refractivity contribution in [2.75, 3.05) is 0 Å². The normalized spacial score (nSPS) is 13.7. The van der Waals surface area contributed by atoms with Gasteiger partial charge in [-0.25, -0.2) is 0 Å². The number of nitrogens with zero attached hydrogens (tertiary/aromatic N) is 2. The van der Waals surface area contributed by atoms with Crippen molar-refractivity contribution in [3.63, 3.8) is 0 Å². The largest absolute Gasteiger partial charge is 0.255 e. The van der Waals surface area contributed by atoms with Crippen molar-refractivity contribution in [3.8, 4) is 17.3 Å². The Balaban J connectivity index is 2.05. The maximum absolute atomic E-state index is 8.89. The topological polar surface area (TPSA) is 36.7 Å². The highest BCUT2D eigenvalue weighted by atomic mass is 14.7. The van der Waals surface area contributed by atoms with Crippen LogP contribution >= 0.6 is 0 Å². The average molecular weight is 248 g/mol. The Morgan fingerprint density at radius 2 is 1.89 bits per heavy atom. The zero-order chi connectivity index (χ0) is 13.2. The van der Waals surface area contributed by atoms with E-state index in [0.29, 0.717) is 5.56 Å². The van der Waals surface area contributed by atoms with Crippen LogP contribution in [-0.4, -0.2) is 4.98 Å². The summed E-state index contributed by atoms with van der Waals surface area (Å²) in [5.41, 5.74) is 6.81. The third kappa shape index (κ3) is 2.24. The van der Waals surface area contributed by atoms with Gasteiger partial charge in [-0.05, 0) is 61.4 Å². The van der Waals surface area contributed by atoms with E-state index in [4.69, 9.17) is 5.26 Å². The van der Waals surface area contributed by atoms with Crippen LogP contribution in [0, 0.1) is 18.3 Å². The van der Waals surface area contributed by atoms with E-state index < -0.39 is 0 Å². The summed E-state index contributed by atoms with van der Waals surface area (Å²) in [5, 5.41) is 8.89. The van der Waals surface area contributed by atoms with Gasteiger partial charge in [-0.1, -0.05) is 12.1 Å². The summed E-state index contributed by atoms with van der Waals surface area (Å²) in [4.78, 5) is 4.45. The first kappa shape index (κ1) is 11.9. The summed E-state index contributed by atoms with van der Waals surface area (Å²) >= 11 is 0. The Kier molecular flexibility index (Phi) is 3.05. The molecule has 0 amide bonds. The lowest BCUT2D eigenvalue weighted by Crippen LogP contribution is -2.02. The molecule has 2 nitrogen and oxygen atoms in total. The molecular formula is C17H16N2. The van der Waals surface area contributed by atoms with Gasteiger partial charge in [0.1, 0.15) is 6.07 Å². The zero-order valence-corrected chi connectivity index (χ0v) is 11.1. The minimum Gasteiger partial charge on any atom is -0.255 e. The molecular weight excluding hydrogens is 232 g/mol. The van der Waals surface area contributed by atoms with Crippen LogP contribution < -0.4 is 0 Å². The van der Waals surface area contributed by atoms with Gasteiger partial charge in [-0.15, -0.1) is 0 Å². The molecule has 1 aliphatic carbocycles. The van der Waals surface area contributed by atoms with E-state index in [1.807, 2.05) is 13.0 Å². The molecule has 1 aliphatic rings. The van der Waals surface area contributed by atoms with Crippen molar-refractivity contribution in [1.82, 2.24) is 4.98 Å². The van der Waals surface area contributed by atoms with E-state index in [1.54, 1.807) is 6.20 Å². The first-order valence-corrected chi connectivity index (χ1v) is 6.77. The summed E-state index contributed by atoms with van der Waals surface area (Å²) in [5.74, 6) is 0.